The molecule has 2 aromatic heterocycles. The van der Waals surface area contributed by atoms with Crippen LogP contribution in [0.2, 0.25) is 0 Å². The van der Waals surface area contributed by atoms with Gasteiger partial charge in [0.15, 0.2) is 0 Å². The third-order valence-corrected chi connectivity index (χ3v) is 9.65. The van der Waals surface area contributed by atoms with Crippen LogP contribution in [0.1, 0.15) is 63.5 Å². The lowest BCUT2D eigenvalue weighted by Gasteiger charge is -2.40. The van der Waals surface area contributed by atoms with Gasteiger partial charge in [0.1, 0.15) is 16.8 Å². The first kappa shape index (κ1) is 31.3. The van der Waals surface area contributed by atoms with E-state index in [2.05, 4.69) is 64.2 Å². The van der Waals surface area contributed by atoms with Crippen molar-refractivity contribution in [3.8, 4) is 0 Å². The zero-order chi connectivity index (χ0) is 32.7. The highest BCUT2D eigenvalue weighted by atomic mass is 16.6. The number of benzene rings is 3. The lowest BCUT2D eigenvalue weighted by molar-refractivity contribution is -0.139. The molecule has 2 atom stereocenters. The summed E-state index contributed by atoms with van der Waals surface area (Å²) in [5.41, 5.74) is 4.40. The Labute approximate surface area is 276 Å². The molecule has 0 N–H and O–H groups in total. The highest BCUT2D eigenvalue weighted by Crippen LogP contribution is 2.42. The van der Waals surface area contributed by atoms with E-state index in [1.54, 1.807) is 12.0 Å². The summed E-state index contributed by atoms with van der Waals surface area (Å²) in [6.07, 6.45) is 5.38. The second kappa shape index (κ2) is 12.7. The summed E-state index contributed by atoms with van der Waals surface area (Å²) < 4.78 is 19.9. The van der Waals surface area contributed by atoms with E-state index >= 15 is 0 Å². The third kappa shape index (κ3) is 6.35. The van der Waals surface area contributed by atoms with Crippen molar-refractivity contribution in [1.82, 2.24) is 14.4 Å². The first-order valence-corrected chi connectivity index (χ1v) is 17.0. The number of fused-ring (bicyclic) bond motifs is 4. The van der Waals surface area contributed by atoms with Gasteiger partial charge in [0.05, 0.1) is 5.92 Å². The van der Waals surface area contributed by atoms with Crippen LogP contribution in [0.25, 0.3) is 32.8 Å². The van der Waals surface area contributed by atoms with Gasteiger partial charge in [-0.2, -0.15) is 0 Å². The van der Waals surface area contributed by atoms with Crippen molar-refractivity contribution in [3.05, 3.63) is 84.1 Å². The van der Waals surface area contributed by atoms with Gasteiger partial charge in [-0.1, -0.05) is 54.6 Å². The van der Waals surface area contributed by atoms with Crippen molar-refractivity contribution in [2.45, 2.75) is 77.1 Å². The van der Waals surface area contributed by atoms with E-state index in [1.165, 1.54) is 10.9 Å². The van der Waals surface area contributed by atoms with Crippen LogP contribution >= 0.6 is 0 Å². The zero-order valence-electron chi connectivity index (χ0n) is 27.9. The molecule has 8 heteroatoms. The Bertz CT molecular complexity index is 1910. The van der Waals surface area contributed by atoms with E-state index in [9.17, 15) is 9.59 Å². The summed E-state index contributed by atoms with van der Waals surface area (Å²) in [6, 6.07) is 23.0. The molecule has 246 valence electrons. The zero-order valence-corrected chi connectivity index (χ0v) is 27.9. The van der Waals surface area contributed by atoms with E-state index in [0.29, 0.717) is 32.7 Å². The van der Waals surface area contributed by atoms with Crippen molar-refractivity contribution in [1.29, 1.82) is 0 Å². The standard InChI is InChI=1S/C39H45N3O5/c1-39(2,3)47-38(44)41-21-19-29(31-13-9-14-32-30-12-6-8-16-35(30)46-36(31)32)33(25-41)37(43)42(27-17-18-27)24-26-23-40(20-10-22-45-4)34-15-7-5-11-28(26)34/h5-9,11-16,23,27,29,33H,10,17-22,24-25H2,1-4H3/t29-,33+/m1/s1. The quantitative estimate of drug-likeness (QED) is 0.153. The number of piperidine rings is 1. The molecule has 3 heterocycles. The fourth-order valence-electron chi connectivity index (χ4n) is 7.31. The Morgan fingerprint density at radius 1 is 0.936 bits per heavy atom. The molecule has 1 aliphatic heterocycles. The Balaban J connectivity index is 1.25. The SMILES string of the molecule is COCCCn1cc(CN(C(=O)[C@H]2CN(C(=O)OC(C)(C)C)CC[C@@H]2c2cccc3c2oc2ccccc23)C2CC2)c2ccccc21. The number of rotatable bonds is 9. The van der Waals surface area contributed by atoms with Gasteiger partial charge in [-0.3, -0.25) is 4.79 Å². The topological polar surface area (TPSA) is 77.2 Å². The molecule has 8 nitrogen and oxygen atoms in total. The van der Waals surface area contributed by atoms with Gasteiger partial charge in [-0.25, -0.2) is 4.79 Å². The van der Waals surface area contributed by atoms with Crippen LogP contribution in [0, 0.1) is 5.92 Å². The maximum Gasteiger partial charge on any atom is 0.410 e. The lowest BCUT2D eigenvalue weighted by Crippen LogP contribution is -2.51. The second-order valence-corrected chi connectivity index (χ2v) is 14.2. The van der Waals surface area contributed by atoms with Gasteiger partial charge in [0.25, 0.3) is 0 Å². The molecule has 0 spiro atoms. The molecule has 47 heavy (non-hydrogen) atoms. The van der Waals surface area contributed by atoms with E-state index in [4.69, 9.17) is 13.9 Å². The molecular weight excluding hydrogens is 590 g/mol. The summed E-state index contributed by atoms with van der Waals surface area (Å²) in [5.74, 6) is -0.456. The second-order valence-electron chi connectivity index (χ2n) is 14.2. The van der Waals surface area contributed by atoms with Crippen LogP contribution in [0.3, 0.4) is 0 Å². The minimum absolute atomic E-state index is 0.0927. The van der Waals surface area contributed by atoms with Crippen LogP contribution in [-0.2, 0) is 27.4 Å². The number of hydrogen-bond donors (Lipinski definition) is 0. The van der Waals surface area contributed by atoms with Gasteiger partial charge in [-0.15, -0.1) is 0 Å². The van der Waals surface area contributed by atoms with Gasteiger partial charge in [0, 0.05) is 79.7 Å². The predicted molar refractivity (Wildman–Crippen MR) is 184 cm³/mol. The Morgan fingerprint density at radius 3 is 2.45 bits per heavy atom. The van der Waals surface area contributed by atoms with Gasteiger partial charge < -0.3 is 28.3 Å². The minimum Gasteiger partial charge on any atom is -0.456 e. The number of para-hydroxylation sites is 3. The number of methoxy groups -OCH3 is 1. The van der Waals surface area contributed by atoms with Gasteiger partial charge in [-0.05, 0) is 69.7 Å². The van der Waals surface area contributed by atoms with E-state index < -0.39 is 11.5 Å². The number of aryl methyl sites for hydroxylation is 1. The molecule has 1 saturated carbocycles. The summed E-state index contributed by atoms with van der Waals surface area (Å²) in [5, 5.41) is 3.30. The molecule has 1 aliphatic carbocycles. The maximum absolute atomic E-state index is 15.0. The fraction of sp³-hybridized carbons (Fsp3) is 0.436. The largest absolute Gasteiger partial charge is 0.456 e. The van der Waals surface area contributed by atoms with Gasteiger partial charge >= 0.3 is 6.09 Å². The molecule has 2 aliphatic rings. The number of amides is 2. The number of carbonyl (C=O) groups excluding carboxylic acids is 2. The van der Waals surface area contributed by atoms with E-state index in [0.717, 1.165) is 58.9 Å². The van der Waals surface area contributed by atoms with Crippen LogP contribution in [0.5, 0.6) is 0 Å². The predicted octanol–water partition coefficient (Wildman–Crippen LogP) is 8.11. The minimum atomic E-state index is -0.620. The fourth-order valence-corrected chi connectivity index (χ4v) is 7.31. The normalized spacial score (nSPS) is 18.7. The van der Waals surface area contributed by atoms with Crippen molar-refractivity contribution < 1.29 is 23.5 Å². The van der Waals surface area contributed by atoms with Crippen molar-refractivity contribution in [2.24, 2.45) is 5.92 Å². The average Bonchev–Trinajstić information content (AvgIpc) is 3.75. The van der Waals surface area contributed by atoms with Crippen molar-refractivity contribution in [2.75, 3.05) is 26.8 Å². The molecule has 2 fully saturated rings. The number of nitrogens with zero attached hydrogens (tertiary/aromatic N) is 3. The monoisotopic (exact) mass is 635 g/mol. The molecule has 0 radical (unpaired) electrons. The summed E-state index contributed by atoms with van der Waals surface area (Å²) in [7, 11) is 1.73. The Morgan fingerprint density at radius 2 is 1.68 bits per heavy atom. The van der Waals surface area contributed by atoms with E-state index in [1.807, 2.05) is 39.0 Å². The molecule has 5 aromatic rings. The van der Waals surface area contributed by atoms with Crippen LogP contribution < -0.4 is 0 Å². The number of aromatic nitrogens is 1. The summed E-state index contributed by atoms with van der Waals surface area (Å²) in [4.78, 5) is 32.2. The number of carbonyl (C=O) groups is 2. The molecule has 3 aromatic carbocycles. The first-order chi connectivity index (χ1) is 22.7. The lowest BCUT2D eigenvalue weighted by atomic mass is 9.79. The molecule has 1 saturated heterocycles. The Kier molecular flexibility index (Phi) is 8.47. The van der Waals surface area contributed by atoms with Crippen LogP contribution in [0.4, 0.5) is 4.79 Å². The molecule has 7 rings (SSSR count). The molecule has 2 amide bonds. The van der Waals surface area contributed by atoms with Gasteiger partial charge in [0.2, 0.25) is 5.91 Å². The van der Waals surface area contributed by atoms with Crippen LogP contribution in [0.15, 0.2) is 77.3 Å². The number of furan rings is 1. The highest BCUT2D eigenvalue weighted by Gasteiger charge is 2.44. The molecule has 0 bridgehead atoms. The van der Waals surface area contributed by atoms with Crippen LogP contribution in [-0.4, -0.2) is 64.8 Å². The average molecular weight is 636 g/mol. The summed E-state index contributed by atoms with van der Waals surface area (Å²) >= 11 is 0. The smallest absolute Gasteiger partial charge is 0.410 e. The first-order valence-electron chi connectivity index (χ1n) is 17.0. The third-order valence-electron chi connectivity index (χ3n) is 9.65. The van der Waals surface area contributed by atoms with Crippen molar-refractivity contribution >= 4 is 44.8 Å². The van der Waals surface area contributed by atoms with Crippen molar-refractivity contribution in [3.63, 3.8) is 0 Å². The highest BCUT2D eigenvalue weighted by molar-refractivity contribution is 6.06. The maximum atomic E-state index is 15.0. The summed E-state index contributed by atoms with van der Waals surface area (Å²) in [6.45, 7) is 8.53. The molecule has 0 unspecified atom stereocenters. The number of likely N-dealkylation sites (tertiary alicyclic amines) is 1. The van der Waals surface area contributed by atoms with E-state index in [-0.39, 0.29) is 24.0 Å². The number of hydrogen-bond acceptors (Lipinski definition) is 5. The Hall–Kier alpha value is -4.30. The molecular formula is C39H45N3O5. The number of ether oxygens (including phenoxy) is 2.